The third-order valence-corrected chi connectivity index (χ3v) is 5.01. The van der Waals surface area contributed by atoms with Crippen LogP contribution in [0.5, 0.6) is 0 Å². The summed E-state index contributed by atoms with van der Waals surface area (Å²) in [5.74, 6) is -1.05. The van der Waals surface area contributed by atoms with Crippen molar-refractivity contribution >= 4 is 17.6 Å². The van der Waals surface area contributed by atoms with Crippen LogP contribution in [0.3, 0.4) is 0 Å². The van der Waals surface area contributed by atoms with Crippen molar-refractivity contribution in [2.24, 2.45) is 7.05 Å². The Bertz CT molecular complexity index is 790. The molecule has 29 heavy (non-hydrogen) atoms. The number of likely N-dealkylation sites (tertiary alicyclic amines) is 1. The highest BCUT2D eigenvalue weighted by molar-refractivity contribution is 6.30. The molecule has 0 aliphatic carbocycles. The topological polar surface area (TPSA) is 71.2 Å². The van der Waals surface area contributed by atoms with Gasteiger partial charge in [0.25, 0.3) is 0 Å². The molecule has 0 bridgehead atoms. The molecule has 0 atom stereocenters. The Balaban J connectivity index is 0.000000370. The van der Waals surface area contributed by atoms with Crippen molar-refractivity contribution in [3.63, 3.8) is 0 Å². The van der Waals surface area contributed by atoms with E-state index in [1.165, 1.54) is 24.8 Å². The van der Waals surface area contributed by atoms with Crippen LogP contribution in [0.4, 0.5) is 13.2 Å². The van der Waals surface area contributed by atoms with Crippen molar-refractivity contribution < 1.29 is 23.1 Å². The second kappa shape index (κ2) is 10.6. The van der Waals surface area contributed by atoms with Gasteiger partial charge in [-0.25, -0.2) is 4.79 Å². The highest BCUT2D eigenvalue weighted by Crippen LogP contribution is 2.26. The fourth-order valence-corrected chi connectivity index (χ4v) is 3.49. The van der Waals surface area contributed by atoms with E-state index in [0.717, 1.165) is 36.9 Å². The number of aliphatic carboxylic acids is 1. The highest BCUT2D eigenvalue weighted by Gasteiger charge is 2.38. The smallest absolute Gasteiger partial charge is 0.475 e. The average molecular weight is 433 g/mol. The summed E-state index contributed by atoms with van der Waals surface area (Å²) in [5.41, 5.74) is 1.33. The Hall–Kier alpha value is -2.13. The SMILES string of the molecule is Cn1cnnc1C1CCN(CCCc2cccc(Cl)c2)CC1.O=C(O)C(F)(F)F. The maximum atomic E-state index is 10.6. The lowest BCUT2D eigenvalue weighted by molar-refractivity contribution is -0.192. The second-order valence-corrected chi connectivity index (χ2v) is 7.39. The number of hydrogen-bond donors (Lipinski definition) is 1. The molecule has 0 saturated carbocycles. The van der Waals surface area contributed by atoms with E-state index < -0.39 is 12.1 Å². The van der Waals surface area contributed by atoms with Crippen LogP contribution in [0, 0.1) is 0 Å². The van der Waals surface area contributed by atoms with Crippen molar-refractivity contribution in [3.05, 3.63) is 47.0 Å². The first kappa shape index (κ1) is 23.2. The Morgan fingerprint density at radius 3 is 2.48 bits per heavy atom. The van der Waals surface area contributed by atoms with E-state index in [4.69, 9.17) is 21.5 Å². The molecule has 3 rings (SSSR count). The molecule has 2 heterocycles. The number of benzene rings is 1. The zero-order valence-electron chi connectivity index (χ0n) is 16.1. The zero-order chi connectivity index (χ0) is 21.4. The molecule has 0 radical (unpaired) electrons. The van der Waals surface area contributed by atoms with Crippen LogP contribution >= 0.6 is 11.6 Å². The van der Waals surface area contributed by atoms with Gasteiger partial charge in [-0.2, -0.15) is 13.2 Å². The van der Waals surface area contributed by atoms with E-state index in [-0.39, 0.29) is 0 Å². The average Bonchev–Trinajstić information content (AvgIpc) is 3.08. The van der Waals surface area contributed by atoms with E-state index in [1.54, 1.807) is 6.33 Å². The fraction of sp³-hybridized carbons (Fsp3) is 0.526. The van der Waals surface area contributed by atoms with Gasteiger partial charge < -0.3 is 14.6 Å². The summed E-state index contributed by atoms with van der Waals surface area (Å²) >= 11 is 6.03. The maximum Gasteiger partial charge on any atom is 0.490 e. The lowest BCUT2D eigenvalue weighted by Crippen LogP contribution is -2.34. The molecule has 0 amide bonds. The summed E-state index contributed by atoms with van der Waals surface area (Å²) in [7, 11) is 2.03. The van der Waals surface area contributed by atoms with Crippen LogP contribution in [0.1, 0.15) is 36.6 Å². The van der Waals surface area contributed by atoms with Gasteiger partial charge in [0.05, 0.1) is 0 Å². The molecular weight excluding hydrogens is 409 g/mol. The van der Waals surface area contributed by atoms with E-state index in [1.807, 2.05) is 19.2 Å². The molecule has 1 saturated heterocycles. The first-order chi connectivity index (χ1) is 13.7. The van der Waals surface area contributed by atoms with Gasteiger partial charge in [0.15, 0.2) is 0 Å². The van der Waals surface area contributed by atoms with Crippen molar-refractivity contribution in [1.82, 2.24) is 19.7 Å². The standard InChI is InChI=1S/C17H23ClN4.C2HF3O2/c1-21-13-19-20-17(21)15-7-10-22(11-8-15)9-3-5-14-4-2-6-16(18)12-14;3-2(4,5)1(6)7/h2,4,6,12-13,15H,3,5,7-11H2,1H3;(H,6,7). The number of carboxylic acids is 1. The molecule has 1 fully saturated rings. The van der Waals surface area contributed by atoms with Gasteiger partial charge in [0, 0.05) is 18.0 Å². The van der Waals surface area contributed by atoms with Gasteiger partial charge in [0.1, 0.15) is 12.2 Å². The number of piperidine rings is 1. The summed E-state index contributed by atoms with van der Waals surface area (Å²) in [4.78, 5) is 11.5. The van der Waals surface area contributed by atoms with Crippen LogP contribution in [-0.4, -0.2) is 56.6 Å². The van der Waals surface area contributed by atoms with Crippen LogP contribution in [0.2, 0.25) is 5.02 Å². The number of rotatable bonds is 5. The summed E-state index contributed by atoms with van der Waals surface area (Å²) < 4.78 is 33.8. The lowest BCUT2D eigenvalue weighted by atomic mass is 9.95. The molecule has 2 aromatic rings. The molecule has 1 aliphatic rings. The minimum absolute atomic E-state index is 0.566. The first-order valence-corrected chi connectivity index (χ1v) is 9.65. The predicted molar refractivity (Wildman–Crippen MR) is 103 cm³/mol. The van der Waals surface area contributed by atoms with E-state index >= 15 is 0 Å². The molecule has 0 spiro atoms. The normalized spacial score (nSPS) is 15.6. The van der Waals surface area contributed by atoms with Crippen molar-refractivity contribution in [1.29, 1.82) is 0 Å². The molecule has 1 aromatic carbocycles. The number of aryl methyl sites for hydroxylation is 2. The monoisotopic (exact) mass is 432 g/mol. The molecule has 10 heteroatoms. The van der Waals surface area contributed by atoms with E-state index in [9.17, 15) is 13.2 Å². The third kappa shape index (κ3) is 7.66. The molecule has 0 unspecified atom stereocenters. The molecule has 1 N–H and O–H groups in total. The number of nitrogens with zero attached hydrogens (tertiary/aromatic N) is 4. The van der Waals surface area contributed by atoms with Gasteiger partial charge in [-0.1, -0.05) is 23.7 Å². The van der Waals surface area contributed by atoms with Crippen molar-refractivity contribution in [2.45, 2.75) is 37.8 Å². The minimum atomic E-state index is -5.08. The lowest BCUT2D eigenvalue weighted by Gasteiger charge is -2.31. The van der Waals surface area contributed by atoms with Crippen LogP contribution in [0.15, 0.2) is 30.6 Å². The highest BCUT2D eigenvalue weighted by atomic mass is 35.5. The largest absolute Gasteiger partial charge is 0.490 e. The predicted octanol–water partition coefficient (Wildman–Crippen LogP) is 3.91. The number of hydrogen-bond acceptors (Lipinski definition) is 4. The Morgan fingerprint density at radius 1 is 1.31 bits per heavy atom. The van der Waals surface area contributed by atoms with Crippen molar-refractivity contribution in [2.75, 3.05) is 19.6 Å². The van der Waals surface area contributed by atoms with Crippen LogP contribution in [-0.2, 0) is 18.3 Å². The summed E-state index contributed by atoms with van der Waals surface area (Å²) in [6, 6.07) is 8.19. The van der Waals surface area contributed by atoms with Gasteiger partial charge in [-0.05, 0) is 63.0 Å². The maximum absolute atomic E-state index is 10.6. The number of carboxylic acid groups (broad SMARTS) is 1. The number of halogens is 4. The number of aromatic nitrogens is 3. The second-order valence-electron chi connectivity index (χ2n) is 6.95. The van der Waals surface area contributed by atoms with Gasteiger partial charge in [-0.15, -0.1) is 10.2 Å². The Labute approximate surface area is 172 Å². The summed E-state index contributed by atoms with van der Waals surface area (Å²) in [6.07, 6.45) is 1.37. The van der Waals surface area contributed by atoms with Gasteiger partial charge >= 0.3 is 12.1 Å². The van der Waals surface area contributed by atoms with Crippen LogP contribution < -0.4 is 0 Å². The van der Waals surface area contributed by atoms with Gasteiger partial charge in [-0.3, -0.25) is 0 Å². The summed E-state index contributed by atoms with van der Waals surface area (Å²) in [5, 5.41) is 16.2. The zero-order valence-corrected chi connectivity index (χ0v) is 16.8. The quantitative estimate of drug-likeness (QED) is 0.775. The minimum Gasteiger partial charge on any atom is -0.475 e. The first-order valence-electron chi connectivity index (χ1n) is 9.27. The Morgan fingerprint density at radius 2 is 1.97 bits per heavy atom. The number of alkyl halides is 3. The molecule has 6 nitrogen and oxygen atoms in total. The molecule has 1 aromatic heterocycles. The van der Waals surface area contributed by atoms with Gasteiger partial charge in [0.2, 0.25) is 0 Å². The summed E-state index contributed by atoms with van der Waals surface area (Å²) in [6.45, 7) is 3.48. The van der Waals surface area contributed by atoms with Crippen LogP contribution in [0.25, 0.3) is 0 Å². The molecule has 1 aliphatic heterocycles. The molecular formula is C19H24ClF3N4O2. The number of carbonyl (C=O) groups is 1. The fourth-order valence-electron chi connectivity index (χ4n) is 3.28. The van der Waals surface area contributed by atoms with E-state index in [0.29, 0.717) is 5.92 Å². The molecule has 160 valence electrons. The Kier molecular flexibility index (Phi) is 8.45. The van der Waals surface area contributed by atoms with Crippen molar-refractivity contribution in [3.8, 4) is 0 Å². The van der Waals surface area contributed by atoms with E-state index in [2.05, 4.69) is 31.8 Å². The third-order valence-electron chi connectivity index (χ3n) is 4.77.